The second-order valence-electron chi connectivity index (χ2n) is 5.26. The number of hydrogen-bond donors (Lipinski definition) is 0. The standard InChI is InChI=1S/C19H16N2O4/c1-20-14-5-6-15-12(9-14)7-8-21(15)19(22)13-10-16(23-2)18(25-4)17(11-13)24-3/h5-11H,2-4H3. The average molecular weight is 336 g/mol. The molecule has 0 bridgehead atoms. The minimum atomic E-state index is -0.232. The van der Waals surface area contributed by atoms with E-state index in [0.29, 0.717) is 28.5 Å². The Morgan fingerprint density at radius 1 is 1.00 bits per heavy atom. The van der Waals surface area contributed by atoms with Crippen LogP contribution in [0.2, 0.25) is 0 Å². The van der Waals surface area contributed by atoms with Gasteiger partial charge in [-0.05, 0) is 35.7 Å². The van der Waals surface area contributed by atoms with Crippen molar-refractivity contribution in [2.45, 2.75) is 0 Å². The van der Waals surface area contributed by atoms with Gasteiger partial charge in [0.15, 0.2) is 17.2 Å². The zero-order chi connectivity index (χ0) is 18.0. The Morgan fingerprint density at radius 3 is 2.24 bits per heavy atom. The fraction of sp³-hybridized carbons (Fsp3) is 0.158. The van der Waals surface area contributed by atoms with Crippen molar-refractivity contribution in [2.75, 3.05) is 21.3 Å². The lowest BCUT2D eigenvalue weighted by Gasteiger charge is -2.14. The summed E-state index contributed by atoms with van der Waals surface area (Å²) in [6.07, 6.45) is 1.68. The summed E-state index contributed by atoms with van der Waals surface area (Å²) in [6.45, 7) is 7.08. The fourth-order valence-corrected chi connectivity index (χ4v) is 2.72. The van der Waals surface area contributed by atoms with E-state index in [-0.39, 0.29) is 5.91 Å². The topological polar surface area (TPSA) is 54.1 Å². The molecule has 25 heavy (non-hydrogen) atoms. The Hall–Kier alpha value is -3.46. The minimum Gasteiger partial charge on any atom is -0.493 e. The molecule has 2 aromatic carbocycles. The molecular weight excluding hydrogens is 320 g/mol. The first kappa shape index (κ1) is 16.4. The third-order valence-electron chi connectivity index (χ3n) is 3.93. The van der Waals surface area contributed by atoms with Crippen molar-refractivity contribution in [1.82, 2.24) is 4.57 Å². The smallest absolute Gasteiger partial charge is 0.262 e. The number of fused-ring (bicyclic) bond motifs is 1. The molecule has 0 amide bonds. The molecule has 0 N–H and O–H groups in total. The molecule has 0 aliphatic heterocycles. The van der Waals surface area contributed by atoms with Crippen LogP contribution in [0.5, 0.6) is 17.2 Å². The Morgan fingerprint density at radius 2 is 1.68 bits per heavy atom. The highest BCUT2D eigenvalue weighted by Crippen LogP contribution is 2.38. The van der Waals surface area contributed by atoms with Crippen LogP contribution >= 0.6 is 0 Å². The van der Waals surface area contributed by atoms with Gasteiger partial charge in [0.1, 0.15) is 0 Å². The first-order valence-corrected chi connectivity index (χ1v) is 7.46. The van der Waals surface area contributed by atoms with Gasteiger partial charge in [-0.25, -0.2) is 4.85 Å². The molecule has 0 spiro atoms. The number of hydrogen-bond acceptors (Lipinski definition) is 4. The zero-order valence-corrected chi connectivity index (χ0v) is 14.1. The predicted molar refractivity (Wildman–Crippen MR) is 94.0 cm³/mol. The van der Waals surface area contributed by atoms with Gasteiger partial charge < -0.3 is 14.2 Å². The summed E-state index contributed by atoms with van der Waals surface area (Å²) in [4.78, 5) is 16.4. The highest BCUT2D eigenvalue weighted by atomic mass is 16.5. The molecule has 126 valence electrons. The quantitative estimate of drug-likeness (QED) is 0.678. The van der Waals surface area contributed by atoms with Crippen LogP contribution in [0.15, 0.2) is 42.6 Å². The van der Waals surface area contributed by atoms with Crippen molar-refractivity contribution in [2.24, 2.45) is 0 Å². The molecule has 3 aromatic rings. The van der Waals surface area contributed by atoms with E-state index < -0.39 is 0 Å². The van der Waals surface area contributed by atoms with Crippen molar-refractivity contribution in [3.8, 4) is 17.2 Å². The number of carbonyl (C=O) groups is 1. The van der Waals surface area contributed by atoms with Crippen LogP contribution < -0.4 is 14.2 Å². The third kappa shape index (κ3) is 2.76. The van der Waals surface area contributed by atoms with Crippen LogP contribution in [-0.4, -0.2) is 31.8 Å². The Bertz CT molecular complexity index is 973. The van der Waals surface area contributed by atoms with Crippen molar-refractivity contribution in [3.05, 3.63) is 59.6 Å². The van der Waals surface area contributed by atoms with Crippen LogP contribution in [0.3, 0.4) is 0 Å². The second-order valence-corrected chi connectivity index (χ2v) is 5.26. The lowest BCUT2D eigenvalue weighted by molar-refractivity contribution is 0.0964. The van der Waals surface area contributed by atoms with Crippen LogP contribution in [0.25, 0.3) is 15.7 Å². The van der Waals surface area contributed by atoms with E-state index in [2.05, 4.69) is 4.85 Å². The summed E-state index contributed by atoms with van der Waals surface area (Å²) in [7, 11) is 4.52. The molecular formula is C19H16N2O4. The molecule has 0 saturated carbocycles. The third-order valence-corrected chi connectivity index (χ3v) is 3.93. The normalized spacial score (nSPS) is 10.3. The molecule has 0 aliphatic carbocycles. The number of nitrogens with zero attached hydrogens (tertiary/aromatic N) is 2. The molecule has 6 heteroatoms. The summed E-state index contributed by atoms with van der Waals surface area (Å²) in [5.74, 6) is 1.03. The lowest BCUT2D eigenvalue weighted by atomic mass is 10.1. The monoisotopic (exact) mass is 336 g/mol. The lowest BCUT2D eigenvalue weighted by Crippen LogP contribution is -2.11. The number of aromatic nitrogens is 1. The Balaban J connectivity index is 2.11. The van der Waals surface area contributed by atoms with Gasteiger partial charge in [-0.2, -0.15) is 0 Å². The zero-order valence-electron chi connectivity index (χ0n) is 14.1. The van der Waals surface area contributed by atoms with Crippen molar-refractivity contribution in [3.63, 3.8) is 0 Å². The van der Waals surface area contributed by atoms with Gasteiger partial charge in [0, 0.05) is 11.8 Å². The SMILES string of the molecule is [C-]#[N+]c1ccc2c(ccn2C(=O)c2cc(OC)c(OC)c(OC)c2)c1. The van der Waals surface area contributed by atoms with Crippen molar-refractivity contribution >= 4 is 22.5 Å². The van der Waals surface area contributed by atoms with E-state index >= 15 is 0 Å². The van der Waals surface area contributed by atoms with Crippen LogP contribution in [-0.2, 0) is 0 Å². The van der Waals surface area contributed by atoms with Crippen LogP contribution in [0.1, 0.15) is 10.4 Å². The predicted octanol–water partition coefficient (Wildman–Crippen LogP) is 3.91. The van der Waals surface area contributed by atoms with E-state index in [0.717, 1.165) is 10.9 Å². The maximum absolute atomic E-state index is 13.0. The van der Waals surface area contributed by atoms with E-state index in [1.807, 2.05) is 0 Å². The van der Waals surface area contributed by atoms with E-state index in [1.54, 1.807) is 42.6 Å². The van der Waals surface area contributed by atoms with Gasteiger partial charge in [-0.15, -0.1) is 0 Å². The average Bonchev–Trinajstić information content (AvgIpc) is 3.08. The highest BCUT2D eigenvalue weighted by Gasteiger charge is 2.19. The van der Waals surface area contributed by atoms with E-state index in [4.69, 9.17) is 20.8 Å². The summed E-state index contributed by atoms with van der Waals surface area (Å²) in [5.41, 5.74) is 1.66. The number of carbonyl (C=O) groups excluding carboxylic acids is 1. The molecule has 3 rings (SSSR count). The van der Waals surface area contributed by atoms with E-state index in [1.165, 1.54) is 25.9 Å². The van der Waals surface area contributed by atoms with E-state index in [9.17, 15) is 4.79 Å². The summed E-state index contributed by atoms with van der Waals surface area (Å²) in [6, 6.07) is 10.2. The van der Waals surface area contributed by atoms with Gasteiger partial charge in [0.25, 0.3) is 5.91 Å². The van der Waals surface area contributed by atoms with Crippen LogP contribution in [0, 0.1) is 6.57 Å². The maximum atomic E-state index is 13.0. The first-order chi connectivity index (χ1) is 12.1. The number of methoxy groups -OCH3 is 3. The van der Waals surface area contributed by atoms with Gasteiger partial charge >= 0.3 is 0 Å². The maximum Gasteiger partial charge on any atom is 0.262 e. The summed E-state index contributed by atoms with van der Waals surface area (Å²) < 4.78 is 17.4. The molecule has 0 unspecified atom stereocenters. The minimum absolute atomic E-state index is 0.232. The number of benzene rings is 2. The van der Waals surface area contributed by atoms with Gasteiger partial charge in [0.05, 0.1) is 33.4 Å². The summed E-state index contributed by atoms with van der Waals surface area (Å²) in [5, 5.41) is 0.828. The second kappa shape index (κ2) is 6.57. The fourth-order valence-electron chi connectivity index (χ4n) is 2.72. The molecule has 0 fully saturated rings. The van der Waals surface area contributed by atoms with Crippen molar-refractivity contribution < 1.29 is 19.0 Å². The molecule has 0 aliphatic rings. The number of ether oxygens (including phenoxy) is 3. The first-order valence-electron chi connectivity index (χ1n) is 7.46. The molecule has 1 aromatic heterocycles. The van der Waals surface area contributed by atoms with Crippen LogP contribution in [0.4, 0.5) is 5.69 Å². The molecule has 0 atom stereocenters. The molecule has 1 heterocycles. The molecule has 0 radical (unpaired) electrons. The molecule has 0 saturated heterocycles. The molecule has 6 nitrogen and oxygen atoms in total. The Kier molecular flexibility index (Phi) is 4.31. The van der Waals surface area contributed by atoms with Gasteiger partial charge in [0.2, 0.25) is 5.75 Å². The number of rotatable bonds is 4. The largest absolute Gasteiger partial charge is 0.493 e. The van der Waals surface area contributed by atoms with Gasteiger partial charge in [-0.1, -0.05) is 6.07 Å². The van der Waals surface area contributed by atoms with Gasteiger partial charge in [-0.3, -0.25) is 9.36 Å². The van der Waals surface area contributed by atoms with Crippen molar-refractivity contribution in [1.29, 1.82) is 0 Å². The Labute approximate surface area is 145 Å². The highest BCUT2D eigenvalue weighted by molar-refractivity contribution is 6.03. The summed E-state index contributed by atoms with van der Waals surface area (Å²) >= 11 is 0.